The molecule has 0 aliphatic rings. The van der Waals surface area contributed by atoms with E-state index in [0.29, 0.717) is 0 Å². The zero-order valence-corrected chi connectivity index (χ0v) is 9.76. The minimum atomic E-state index is 0. The normalized spacial score (nSPS) is 0. The molecular weight excluding hydrogens is 107 g/mol. The minimum absolute atomic E-state index is 0. The molecule has 0 amide bonds. The average molecular weight is 107 g/mol. The zero-order valence-electron chi connectivity index (χ0n) is 3.76. The number of hydrogen-bond donors (Lipinski definition) is 0. The van der Waals surface area contributed by atoms with E-state index in [1.54, 1.807) is 0 Å². The van der Waals surface area contributed by atoms with Crippen LogP contribution < -0.4 is 98.1 Å². The molecule has 0 atom stereocenters. The molecule has 0 spiro atoms. The summed E-state index contributed by atoms with van der Waals surface area (Å²) in [5.74, 6) is 0. The molecule has 0 aromatic carbocycles. The number of halogens is 2. The fourth-order valence-electron chi connectivity index (χ4n) is 0. The molecule has 0 fully saturated rings. The first-order valence-electron chi connectivity index (χ1n) is 0. The summed E-state index contributed by atoms with van der Waals surface area (Å²) < 4.78 is 0. The minimum Gasteiger partial charge on any atom is -1.00 e. The molecule has 0 aromatic rings. The van der Waals surface area contributed by atoms with Gasteiger partial charge in [0.15, 0.2) is 0 Å². The molecule has 0 aliphatic carbocycles. The summed E-state index contributed by atoms with van der Waals surface area (Å²) in [6, 6.07) is 0. The van der Waals surface area contributed by atoms with Crippen LogP contribution in [0.1, 0.15) is 0 Å². The van der Waals surface area contributed by atoms with Gasteiger partial charge in [-0.05, 0) is 0 Å². The quantitative estimate of drug-likeness (QED) is 0.270. The maximum Gasteiger partial charge on any atom is 1.00 e. The van der Waals surface area contributed by atoms with E-state index < -0.39 is 0 Å². The van der Waals surface area contributed by atoms with Crippen LogP contribution in [-0.4, -0.2) is 0 Å². The van der Waals surface area contributed by atoms with Gasteiger partial charge >= 0.3 is 88.7 Å². The first kappa shape index (κ1) is 45.2. The molecule has 0 bridgehead atoms. The van der Waals surface area contributed by atoms with E-state index in [4.69, 9.17) is 0 Å². The Kier molecular flexibility index (Phi) is 260. The van der Waals surface area contributed by atoms with E-state index in [-0.39, 0.29) is 98.1 Å². The molecule has 16 valence electrons. The summed E-state index contributed by atoms with van der Waals surface area (Å²) >= 11 is 0. The van der Waals surface area contributed by atoms with E-state index >= 15 is 0 Å². The molecular formula is F2Na3+. The Morgan fingerprint density at radius 2 is 0.400 bits per heavy atom. The molecule has 0 radical (unpaired) electrons. The Balaban J connectivity index is 0. The maximum absolute atomic E-state index is 0. The smallest absolute Gasteiger partial charge is 1.00 e. The summed E-state index contributed by atoms with van der Waals surface area (Å²) in [5, 5.41) is 0. The summed E-state index contributed by atoms with van der Waals surface area (Å²) in [4.78, 5) is 0. The summed E-state index contributed by atoms with van der Waals surface area (Å²) in [7, 11) is 0. The van der Waals surface area contributed by atoms with Crippen LogP contribution in [0.3, 0.4) is 0 Å². The molecule has 0 unspecified atom stereocenters. The van der Waals surface area contributed by atoms with Gasteiger partial charge in [-0.15, -0.1) is 0 Å². The first-order valence-corrected chi connectivity index (χ1v) is 0. The van der Waals surface area contributed by atoms with E-state index in [9.17, 15) is 0 Å². The zero-order chi connectivity index (χ0) is 0. The largest absolute Gasteiger partial charge is 1.00 e. The maximum atomic E-state index is 0. The van der Waals surface area contributed by atoms with Gasteiger partial charge in [-0.2, -0.15) is 0 Å². The topological polar surface area (TPSA) is 0 Å². The van der Waals surface area contributed by atoms with Crippen molar-refractivity contribution < 1.29 is 98.1 Å². The molecule has 0 aromatic heterocycles. The van der Waals surface area contributed by atoms with E-state index in [2.05, 4.69) is 0 Å². The molecule has 0 rings (SSSR count). The van der Waals surface area contributed by atoms with Crippen molar-refractivity contribution in [3.63, 3.8) is 0 Å². The Morgan fingerprint density at radius 1 is 0.400 bits per heavy atom. The Hall–Kier alpha value is 2.86. The summed E-state index contributed by atoms with van der Waals surface area (Å²) in [6.07, 6.45) is 0. The second-order valence-electron chi connectivity index (χ2n) is 0. The first-order chi connectivity index (χ1) is 0. The molecule has 0 saturated heterocycles. The van der Waals surface area contributed by atoms with Crippen LogP contribution in [0.2, 0.25) is 0 Å². The van der Waals surface area contributed by atoms with Crippen LogP contribution in [0.25, 0.3) is 0 Å². The summed E-state index contributed by atoms with van der Waals surface area (Å²) in [6.45, 7) is 0. The van der Waals surface area contributed by atoms with Crippen molar-refractivity contribution in [2.45, 2.75) is 0 Å². The molecule has 0 saturated carbocycles. The monoisotopic (exact) mass is 107 g/mol. The molecule has 0 N–H and O–H groups in total. The van der Waals surface area contributed by atoms with Crippen LogP contribution in [0.15, 0.2) is 0 Å². The van der Waals surface area contributed by atoms with Gasteiger partial charge in [0.2, 0.25) is 0 Å². The van der Waals surface area contributed by atoms with Crippen molar-refractivity contribution in [2.24, 2.45) is 0 Å². The van der Waals surface area contributed by atoms with E-state index in [0.717, 1.165) is 0 Å². The Morgan fingerprint density at radius 3 is 0.400 bits per heavy atom. The van der Waals surface area contributed by atoms with Gasteiger partial charge in [-0.1, -0.05) is 0 Å². The van der Waals surface area contributed by atoms with Crippen molar-refractivity contribution in [1.29, 1.82) is 0 Å². The predicted molar refractivity (Wildman–Crippen MR) is 0 cm³/mol. The van der Waals surface area contributed by atoms with Crippen molar-refractivity contribution in [2.75, 3.05) is 0 Å². The third-order valence-electron chi connectivity index (χ3n) is 0. The van der Waals surface area contributed by atoms with Crippen LogP contribution in [0, 0.1) is 0 Å². The Labute approximate surface area is 96.1 Å². The second kappa shape index (κ2) is 28.8. The second-order valence-corrected chi connectivity index (χ2v) is 0. The van der Waals surface area contributed by atoms with Gasteiger partial charge in [-0.25, -0.2) is 0 Å². The van der Waals surface area contributed by atoms with Gasteiger partial charge in [0.05, 0.1) is 0 Å². The third-order valence-corrected chi connectivity index (χ3v) is 0. The third kappa shape index (κ3) is 19.8. The predicted octanol–water partition coefficient (Wildman–Crippen LogP) is -15.0. The SMILES string of the molecule is [F-].[F-].[Na+].[Na+].[Na+]. The van der Waals surface area contributed by atoms with E-state index in [1.165, 1.54) is 0 Å². The standard InChI is InChI=1S/2FH.3Na/h2*1H;;;/q;;3*+1/p-2. The molecule has 0 nitrogen and oxygen atoms in total. The Bertz CT molecular complexity index is 4.85. The van der Waals surface area contributed by atoms with Gasteiger partial charge in [-0.3, -0.25) is 0 Å². The average Bonchev–Trinajstić information content (AvgIpc) is 0. The van der Waals surface area contributed by atoms with Crippen LogP contribution in [0.5, 0.6) is 0 Å². The van der Waals surface area contributed by atoms with Crippen LogP contribution in [0.4, 0.5) is 0 Å². The molecule has 5 heteroatoms. The summed E-state index contributed by atoms with van der Waals surface area (Å²) in [5.41, 5.74) is 0. The van der Waals surface area contributed by atoms with Crippen LogP contribution in [-0.2, 0) is 0 Å². The van der Waals surface area contributed by atoms with Crippen LogP contribution >= 0.6 is 0 Å². The van der Waals surface area contributed by atoms with Gasteiger partial charge in [0.25, 0.3) is 0 Å². The van der Waals surface area contributed by atoms with Crippen molar-refractivity contribution in [3.8, 4) is 0 Å². The van der Waals surface area contributed by atoms with Crippen molar-refractivity contribution >= 4 is 0 Å². The number of hydrogen-bond acceptors (Lipinski definition) is 0. The van der Waals surface area contributed by atoms with Gasteiger partial charge in [0, 0.05) is 0 Å². The van der Waals surface area contributed by atoms with Crippen molar-refractivity contribution in [1.82, 2.24) is 0 Å². The van der Waals surface area contributed by atoms with Gasteiger partial charge in [0.1, 0.15) is 0 Å². The fourth-order valence-corrected chi connectivity index (χ4v) is 0. The fraction of sp³-hybridized carbons (Fsp3) is 0. The van der Waals surface area contributed by atoms with E-state index in [1.807, 2.05) is 0 Å². The molecule has 0 heterocycles. The molecule has 5 heavy (non-hydrogen) atoms. The van der Waals surface area contributed by atoms with Crippen molar-refractivity contribution in [3.05, 3.63) is 0 Å². The van der Waals surface area contributed by atoms with Gasteiger partial charge < -0.3 is 9.41 Å². The molecule has 0 aliphatic heterocycles. The number of rotatable bonds is 0.